The largest absolute Gasteiger partial charge is 0.493 e. The van der Waals surface area contributed by atoms with E-state index >= 15 is 0 Å². The van der Waals surface area contributed by atoms with Crippen molar-refractivity contribution in [3.8, 4) is 17.2 Å². The van der Waals surface area contributed by atoms with Gasteiger partial charge in [-0.2, -0.15) is 4.31 Å². The molecule has 0 radical (unpaired) electrons. The van der Waals surface area contributed by atoms with Crippen LogP contribution in [-0.4, -0.2) is 53.0 Å². The minimum absolute atomic E-state index is 0.00901. The van der Waals surface area contributed by atoms with Gasteiger partial charge in [-0.15, -0.1) is 0 Å². The maximum atomic E-state index is 12.8. The molecule has 0 aliphatic carbocycles. The normalized spacial score (nSPS) is 11.0. The van der Waals surface area contributed by atoms with E-state index in [1.165, 1.54) is 39.5 Å². The highest BCUT2D eigenvalue weighted by Crippen LogP contribution is 2.30. The Morgan fingerprint density at radius 3 is 2.52 bits per heavy atom. The number of nitrogens with one attached hydrogen (secondary N) is 1. The summed E-state index contributed by atoms with van der Waals surface area (Å²) in [6.45, 7) is 3.55. The van der Waals surface area contributed by atoms with E-state index in [-0.39, 0.29) is 17.2 Å². The molecule has 1 N–H and O–H groups in total. The molecule has 2 aromatic rings. The van der Waals surface area contributed by atoms with Gasteiger partial charge in [-0.3, -0.25) is 4.79 Å². The first-order chi connectivity index (χ1) is 13.8. The molecule has 0 spiro atoms. The maximum Gasteiger partial charge on any atom is 0.243 e. The molecule has 2 aromatic carbocycles. The Bertz CT molecular complexity index is 975. The van der Waals surface area contributed by atoms with E-state index in [9.17, 15) is 13.2 Å². The number of sulfonamides is 1. The van der Waals surface area contributed by atoms with E-state index < -0.39 is 15.9 Å². The van der Waals surface area contributed by atoms with Crippen LogP contribution in [-0.2, 0) is 14.8 Å². The SMILES string of the molecule is C=CCOc1cccc(NC(=O)CN(C)S(=O)(=O)c2ccc(OC)c(OC)c2)c1. The van der Waals surface area contributed by atoms with Crippen molar-refractivity contribution in [2.45, 2.75) is 4.90 Å². The van der Waals surface area contributed by atoms with Gasteiger partial charge in [0.05, 0.1) is 25.7 Å². The fourth-order valence-electron chi connectivity index (χ4n) is 2.46. The minimum Gasteiger partial charge on any atom is -0.493 e. The summed E-state index contributed by atoms with van der Waals surface area (Å²) in [5.41, 5.74) is 0.494. The van der Waals surface area contributed by atoms with Gasteiger partial charge in [-0.1, -0.05) is 18.7 Å². The third kappa shape index (κ3) is 5.72. The van der Waals surface area contributed by atoms with Gasteiger partial charge in [0.25, 0.3) is 0 Å². The highest BCUT2D eigenvalue weighted by molar-refractivity contribution is 7.89. The standard InChI is InChI=1S/C20H24N2O6S/c1-5-11-28-16-8-6-7-15(12-16)21-20(23)14-22(2)29(24,25)17-9-10-18(26-3)19(13-17)27-4/h5-10,12-13H,1,11,14H2,2-4H3,(H,21,23). The molecule has 0 aromatic heterocycles. The van der Waals surface area contributed by atoms with Crippen molar-refractivity contribution >= 4 is 21.6 Å². The van der Waals surface area contributed by atoms with E-state index in [1.807, 2.05) is 0 Å². The molecule has 0 unspecified atom stereocenters. The summed E-state index contributed by atoms with van der Waals surface area (Å²) in [5.74, 6) is 0.764. The molecular formula is C20H24N2O6S. The van der Waals surface area contributed by atoms with Crippen molar-refractivity contribution in [3.05, 3.63) is 55.1 Å². The number of hydrogen-bond donors (Lipinski definition) is 1. The minimum atomic E-state index is -3.90. The number of methoxy groups -OCH3 is 2. The number of amides is 1. The molecule has 2 rings (SSSR count). The van der Waals surface area contributed by atoms with Crippen LogP contribution in [0.2, 0.25) is 0 Å². The van der Waals surface area contributed by atoms with Gasteiger partial charge < -0.3 is 19.5 Å². The smallest absolute Gasteiger partial charge is 0.243 e. The monoisotopic (exact) mass is 420 g/mol. The molecule has 1 amide bonds. The second kappa shape index (κ2) is 9.94. The molecule has 29 heavy (non-hydrogen) atoms. The number of hydrogen-bond acceptors (Lipinski definition) is 6. The van der Waals surface area contributed by atoms with Gasteiger partial charge in [0, 0.05) is 24.9 Å². The summed E-state index contributed by atoms with van der Waals surface area (Å²) in [6.07, 6.45) is 1.61. The van der Waals surface area contributed by atoms with Crippen LogP contribution in [0, 0.1) is 0 Å². The maximum absolute atomic E-state index is 12.8. The van der Waals surface area contributed by atoms with Crippen molar-refractivity contribution in [2.75, 3.05) is 39.7 Å². The van der Waals surface area contributed by atoms with E-state index in [0.717, 1.165) is 4.31 Å². The van der Waals surface area contributed by atoms with E-state index in [4.69, 9.17) is 14.2 Å². The van der Waals surface area contributed by atoms with Crippen LogP contribution in [0.4, 0.5) is 5.69 Å². The van der Waals surface area contributed by atoms with Gasteiger partial charge in [-0.25, -0.2) is 8.42 Å². The zero-order valence-corrected chi connectivity index (χ0v) is 17.4. The van der Waals surface area contributed by atoms with Crippen molar-refractivity contribution in [1.82, 2.24) is 4.31 Å². The summed E-state index contributed by atoms with van der Waals surface area (Å²) in [6, 6.07) is 11.0. The van der Waals surface area contributed by atoms with Gasteiger partial charge in [-0.05, 0) is 24.3 Å². The number of anilines is 1. The Morgan fingerprint density at radius 1 is 1.14 bits per heavy atom. The lowest BCUT2D eigenvalue weighted by atomic mass is 10.3. The van der Waals surface area contributed by atoms with Crippen molar-refractivity contribution < 1.29 is 27.4 Å². The zero-order valence-electron chi connectivity index (χ0n) is 16.5. The van der Waals surface area contributed by atoms with Gasteiger partial charge in [0.15, 0.2) is 11.5 Å². The fraction of sp³-hybridized carbons (Fsp3) is 0.250. The van der Waals surface area contributed by atoms with Crippen LogP contribution < -0.4 is 19.5 Å². The molecule has 0 saturated carbocycles. The molecule has 0 aliphatic rings. The fourth-order valence-corrected chi connectivity index (χ4v) is 3.61. The number of rotatable bonds is 10. The first kappa shape index (κ1) is 22.3. The molecule has 0 bridgehead atoms. The van der Waals surface area contributed by atoms with E-state index in [2.05, 4.69) is 11.9 Å². The quantitative estimate of drug-likeness (QED) is 0.594. The number of carbonyl (C=O) groups excluding carboxylic acids is 1. The van der Waals surface area contributed by atoms with Crippen LogP contribution >= 0.6 is 0 Å². The number of benzene rings is 2. The molecule has 0 atom stereocenters. The Balaban J connectivity index is 2.09. The second-order valence-electron chi connectivity index (χ2n) is 5.95. The molecule has 8 nitrogen and oxygen atoms in total. The van der Waals surface area contributed by atoms with Crippen molar-refractivity contribution in [1.29, 1.82) is 0 Å². The van der Waals surface area contributed by atoms with Crippen molar-refractivity contribution in [2.24, 2.45) is 0 Å². The molecule has 9 heteroatoms. The summed E-state index contributed by atoms with van der Waals surface area (Å²) in [4.78, 5) is 12.3. The Labute approximate surface area is 170 Å². The molecule has 0 aliphatic heterocycles. The Hall–Kier alpha value is -3.04. The van der Waals surface area contributed by atoms with E-state index in [0.29, 0.717) is 23.8 Å². The first-order valence-electron chi connectivity index (χ1n) is 8.63. The third-order valence-corrected chi connectivity index (χ3v) is 5.71. The molecular weight excluding hydrogens is 396 g/mol. The summed E-state index contributed by atoms with van der Waals surface area (Å²) >= 11 is 0. The van der Waals surface area contributed by atoms with Gasteiger partial charge in [0.2, 0.25) is 15.9 Å². The summed E-state index contributed by atoms with van der Waals surface area (Å²) < 4.78 is 42.2. The number of ether oxygens (including phenoxy) is 3. The average molecular weight is 420 g/mol. The highest BCUT2D eigenvalue weighted by atomic mass is 32.2. The third-order valence-electron chi connectivity index (χ3n) is 3.92. The zero-order chi connectivity index (χ0) is 21.4. The highest BCUT2D eigenvalue weighted by Gasteiger charge is 2.24. The molecule has 0 saturated heterocycles. The van der Waals surface area contributed by atoms with Crippen molar-refractivity contribution in [3.63, 3.8) is 0 Å². The van der Waals surface area contributed by atoms with Gasteiger partial charge in [0.1, 0.15) is 12.4 Å². The van der Waals surface area contributed by atoms with E-state index in [1.54, 1.807) is 30.3 Å². The lowest BCUT2D eigenvalue weighted by Gasteiger charge is -2.18. The average Bonchev–Trinajstić information content (AvgIpc) is 2.71. The summed E-state index contributed by atoms with van der Waals surface area (Å²) in [5, 5.41) is 2.66. The van der Waals surface area contributed by atoms with Crippen LogP contribution in [0.1, 0.15) is 0 Å². The summed E-state index contributed by atoms with van der Waals surface area (Å²) in [7, 11) is 0.299. The lowest BCUT2D eigenvalue weighted by molar-refractivity contribution is -0.116. The predicted molar refractivity (Wildman–Crippen MR) is 110 cm³/mol. The van der Waals surface area contributed by atoms with Crippen LogP contribution in [0.15, 0.2) is 60.0 Å². The van der Waals surface area contributed by atoms with Crippen LogP contribution in [0.3, 0.4) is 0 Å². The molecule has 0 fully saturated rings. The van der Waals surface area contributed by atoms with Crippen LogP contribution in [0.5, 0.6) is 17.2 Å². The molecule has 156 valence electrons. The Kier molecular flexibility index (Phi) is 7.63. The van der Waals surface area contributed by atoms with Gasteiger partial charge >= 0.3 is 0 Å². The van der Waals surface area contributed by atoms with Crippen LogP contribution in [0.25, 0.3) is 0 Å². The number of carbonyl (C=O) groups is 1. The Morgan fingerprint density at radius 2 is 1.86 bits per heavy atom. The number of likely N-dealkylation sites (N-methyl/N-ethyl adjacent to an activating group) is 1. The first-order valence-corrected chi connectivity index (χ1v) is 10.1. The second-order valence-corrected chi connectivity index (χ2v) is 8.00. The molecule has 0 heterocycles. The predicted octanol–water partition coefficient (Wildman–Crippen LogP) is 2.53. The number of nitrogens with zero attached hydrogens (tertiary/aromatic N) is 1. The topological polar surface area (TPSA) is 94.2 Å². The lowest BCUT2D eigenvalue weighted by Crippen LogP contribution is -2.35.